The highest BCUT2D eigenvalue weighted by atomic mass is 16.6. The van der Waals surface area contributed by atoms with Crippen LogP contribution in [-0.2, 0) is 0 Å². The predicted octanol–water partition coefficient (Wildman–Crippen LogP) is 3.11. The summed E-state index contributed by atoms with van der Waals surface area (Å²) in [4.78, 5) is 10.2. The van der Waals surface area contributed by atoms with Gasteiger partial charge in [-0.25, -0.2) is 0 Å². The zero-order valence-electron chi connectivity index (χ0n) is 10.3. The lowest BCUT2D eigenvalue weighted by atomic mass is 10.1. The van der Waals surface area contributed by atoms with E-state index < -0.39 is 4.92 Å². The quantitative estimate of drug-likeness (QED) is 0.591. The van der Waals surface area contributed by atoms with Crippen LogP contribution < -0.4 is 0 Å². The van der Waals surface area contributed by atoms with E-state index in [1.807, 2.05) is 19.9 Å². The molecule has 2 rings (SSSR count). The Hall–Kier alpha value is -2.30. The summed E-state index contributed by atoms with van der Waals surface area (Å²) in [6, 6.07) is 6.33. The molecule has 18 heavy (non-hydrogen) atoms. The van der Waals surface area contributed by atoms with Gasteiger partial charge in [0.05, 0.1) is 10.6 Å². The highest BCUT2D eigenvalue weighted by molar-refractivity contribution is 6.10. The molecule has 92 valence electrons. The molecule has 0 amide bonds. The number of hydrogen-bond donors (Lipinski definition) is 0. The van der Waals surface area contributed by atoms with Gasteiger partial charge in [0.2, 0.25) is 0 Å². The van der Waals surface area contributed by atoms with Gasteiger partial charge in [-0.15, -0.1) is 0 Å². The van der Waals surface area contributed by atoms with E-state index in [2.05, 4.69) is 10.2 Å². The Labute approximate surface area is 105 Å². The van der Waals surface area contributed by atoms with Gasteiger partial charge in [-0.1, -0.05) is 5.57 Å². The minimum Gasteiger partial charge on any atom is -0.258 e. The monoisotopic (exact) mass is 243 g/mol. The fraction of sp³-hybridized carbons (Fsp3) is 0.231. The standard InChI is InChI=1S/C13H13N3O2/c1-9-7-10(2)14-15-13(8-9)11-3-5-12(6-4-11)16(17)18/h3-6,8H,7H2,1-2H3. The van der Waals surface area contributed by atoms with Gasteiger partial charge in [0.15, 0.2) is 0 Å². The van der Waals surface area contributed by atoms with Crippen LogP contribution in [0.1, 0.15) is 25.8 Å². The smallest absolute Gasteiger partial charge is 0.258 e. The van der Waals surface area contributed by atoms with Crippen molar-refractivity contribution in [3.63, 3.8) is 0 Å². The topological polar surface area (TPSA) is 67.9 Å². The van der Waals surface area contributed by atoms with Crippen molar-refractivity contribution in [2.45, 2.75) is 20.3 Å². The fourth-order valence-corrected chi connectivity index (χ4v) is 1.79. The number of hydrogen-bond acceptors (Lipinski definition) is 4. The van der Waals surface area contributed by atoms with Crippen LogP contribution in [-0.4, -0.2) is 16.3 Å². The van der Waals surface area contributed by atoms with E-state index in [4.69, 9.17) is 0 Å². The number of non-ortho nitro benzene ring substituents is 1. The molecule has 1 aromatic rings. The molecule has 0 saturated carbocycles. The molecule has 0 radical (unpaired) electrons. The average molecular weight is 243 g/mol. The molecule has 0 spiro atoms. The SMILES string of the molecule is CC1=CC(c2ccc([N+](=O)[O-])cc2)=NN=C(C)C1. The lowest BCUT2D eigenvalue weighted by Gasteiger charge is -2.00. The summed E-state index contributed by atoms with van der Waals surface area (Å²) < 4.78 is 0. The lowest BCUT2D eigenvalue weighted by molar-refractivity contribution is -0.384. The second-order valence-electron chi connectivity index (χ2n) is 4.29. The Morgan fingerprint density at radius 2 is 1.83 bits per heavy atom. The number of nitrogens with zero attached hydrogens (tertiary/aromatic N) is 3. The Kier molecular flexibility index (Phi) is 3.32. The summed E-state index contributed by atoms with van der Waals surface area (Å²) in [7, 11) is 0. The van der Waals surface area contributed by atoms with Crippen molar-refractivity contribution in [1.82, 2.24) is 0 Å². The van der Waals surface area contributed by atoms with E-state index in [9.17, 15) is 10.1 Å². The molecule has 1 aliphatic heterocycles. The molecular formula is C13H13N3O2. The second kappa shape index (κ2) is 4.91. The van der Waals surface area contributed by atoms with Gasteiger partial charge in [0, 0.05) is 29.8 Å². The summed E-state index contributed by atoms with van der Waals surface area (Å²) in [5.41, 5.74) is 3.78. The molecule has 0 aromatic heterocycles. The Bertz CT molecular complexity index is 568. The molecule has 0 bridgehead atoms. The number of nitro benzene ring substituents is 1. The van der Waals surface area contributed by atoms with Crippen LogP contribution in [0, 0.1) is 10.1 Å². The third-order valence-electron chi connectivity index (χ3n) is 2.62. The van der Waals surface area contributed by atoms with Gasteiger partial charge in [0.1, 0.15) is 0 Å². The van der Waals surface area contributed by atoms with E-state index in [0.29, 0.717) is 0 Å². The third-order valence-corrected chi connectivity index (χ3v) is 2.62. The maximum atomic E-state index is 10.6. The maximum Gasteiger partial charge on any atom is 0.269 e. The maximum absolute atomic E-state index is 10.6. The zero-order chi connectivity index (χ0) is 13.1. The van der Waals surface area contributed by atoms with Gasteiger partial charge < -0.3 is 0 Å². The van der Waals surface area contributed by atoms with Crippen molar-refractivity contribution in [1.29, 1.82) is 0 Å². The zero-order valence-corrected chi connectivity index (χ0v) is 10.3. The minimum atomic E-state index is -0.415. The third kappa shape index (κ3) is 2.68. The van der Waals surface area contributed by atoms with Crippen molar-refractivity contribution in [2.24, 2.45) is 10.2 Å². The van der Waals surface area contributed by atoms with Gasteiger partial charge >= 0.3 is 0 Å². The molecule has 0 fully saturated rings. The summed E-state index contributed by atoms with van der Waals surface area (Å²) >= 11 is 0. The molecule has 0 unspecified atom stereocenters. The molecule has 5 nitrogen and oxygen atoms in total. The van der Waals surface area contributed by atoms with Crippen LogP contribution in [0.4, 0.5) is 5.69 Å². The molecule has 0 aliphatic carbocycles. The van der Waals surface area contributed by atoms with E-state index in [1.165, 1.54) is 17.7 Å². The molecular weight excluding hydrogens is 230 g/mol. The molecule has 1 heterocycles. The van der Waals surface area contributed by atoms with E-state index >= 15 is 0 Å². The molecule has 1 aromatic carbocycles. The molecule has 0 atom stereocenters. The van der Waals surface area contributed by atoms with Crippen molar-refractivity contribution in [2.75, 3.05) is 0 Å². The number of nitro groups is 1. The van der Waals surface area contributed by atoms with Gasteiger partial charge in [-0.3, -0.25) is 10.1 Å². The fourth-order valence-electron chi connectivity index (χ4n) is 1.79. The number of allylic oxidation sites excluding steroid dienone is 2. The van der Waals surface area contributed by atoms with Crippen LogP contribution in [0.15, 0.2) is 46.1 Å². The Morgan fingerprint density at radius 1 is 1.17 bits per heavy atom. The van der Waals surface area contributed by atoms with E-state index in [1.54, 1.807) is 12.1 Å². The molecule has 1 aliphatic rings. The Balaban J connectivity index is 2.36. The summed E-state index contributed by atoms with van der Waals surface area (Å²) in [6.45, 7) is 3.95. The van der Waals surface area contributed by atoms with Crippen molar-refractivity contribution < 1.29 is 4.92 Å². The highest BCUT2D eigenvalue weighted by Crippen LogP contribution is 2.16. The van der Waals surface area contributed by atoms with E-state index in [-0.39, 0.29) is 5.69 Å². The van der Waals surface area contributed by atoms with Gasteiger partial charge in [0.25, 0.3) is 5.69 Å². The first kappa shape index (κ1) is 12.2. The van der Waals surface area contributed by atoms with Crippen molar-refractivity contribution in [3.05, 3.63) is 51.6 Å². The first-order valence-electron chi connectivity index (χ1n) is 5.59. The molecule has 0 N–H and O–H groups in total. The van der Waals surface area contributed by atoms with Crippen LogP contribution >= 0.6 is 0 Å². The summed E-state index contributed by atoms with van der Waals surface area (Å²) in [5, 5.41) is 18.8. The van der Waals surface area contributed by atoms with Crippen molar-refractivity contribution in [3.8, 4) is 0 Å². The normalized spacial score (nSPS) is 15.3. The van der Waals surface area contributed by atoms with Crippen molar-refractivity contribution >= 4 is 17.1 Å². The second-order valence-corrected chi connectivity index (χ2v) is 4.29. The largest absolute Gasteiger partial charge is 0.269 e. The van der Waals surface area contributed by atoms with Crippen LogP contribution in [0.25, 0.3) is 0 Å². The van der Waals surface area contributed by atoms with Crippen LogP contribution in [0.3, 0.4) is 0 Å². The average Bonchev–Trinajstić information content (AvgIpc) is 2.50. The molecule has 0 saturated heterocycles. The van der Waals surface area contributed by atoms with E-state index in [0.717, 1.165) is 23.4 Å². The first-order chi connectivity index (χ1) is 8.56. The summed E-state index contributed by atoms with van der Waals surface area (Å²) in [5.74, 6) is 0. The van der Waals surface area contributed by atoms with Crippen LogP contribution in [0.2, 0.25) is 0 Å². The number of benzene rings is 1. The minimum absolute atomic E-state index is 0.0772. The first-order valence-corrected chi connectivity index (χ1v) is 5.59. The molecule has 5 heteroatoms. The predicted molar refractivity (Wildman–Crippen MR) is 71.1 cm³/mol. The highest BCUT2D eigenvalue weighted by Gasteiger charge is 2.09. The lowest BCUT2D eigenvalue weighted by Crippen LogP contribution is -1.97. The van der Waals surface area contributed by atoms with Gasteiger partial charge in [-0.05, 0) is 32.1 Å². The number of rotatable bonds is 2. The Morgan fingerprint density at radius 3 is 2.44 bits per heavy atom. The van der Waals surface area contributed by atoms with Gasteiger partial charge in [-0.2, -0.15) is 10.2 Å². The van der Waals surface area contributed by atoms with Crippen LogP contribution in [0.5, 0.6) is 0 Å². The summed E-state index contributed by atoms with van der Waals surface area (Å²) in [6.07, 6.45) is 2.77.